The van der Waals surface area contributed by atoms with Gasteiger partial charge in [0.1, 0.15) is 5.75 Å². The first-order valence-electron chi connectivity index (χ1n) is 6.89. The molecule has 0 bridgehead atoms. The van der Waals surface area contributed by atoms with Gasteiger partial charge in [0.25, 0.3) is 0 Å². The maximum absolute atomic E-state index is 5.27. The van der Waals surface area contributed by atoms with Gasteiger partial charge in [-0.25, -0.2) is 0 Å². The van der Waals surface area contributed by atoms with Crippen molar-refractivity contribution in [1.29, 1.82) is 0 Å². The van der Waals surface area contributed by atoms with Crippen LogP contribution in [0.4, 0.5) is 0 Å². The van der Waals surface area contributed by atoms with Crippen molar-refractivity contribution in [3.63, 3.8) is 0 Å². The molecule has 20 heavy (non-hydrogen) atoms. The standard InChI is InChI=1S/C17H18BrNO/c1-20-15-6-7-17(18)14(9-15)11-19-10-13-8-12-4-2-3-5-16(12)13/h2-7,9,13,19H,8,10-11H2,1H3. The Morgan fingerprint density at radius 3 is 2.90 bits per heavy atom. The van der Waals surface area contributed by atoms with Crippen molar-refractivity contribution in [3.8, 4) is 5.75 Å². The molecule has 1 aliphatic carbocycles. The van der Waals surface area contributed by atoms with Crippen LogP contribution >= 0.6 is 15.9 Å². The Kier molecular flexibility index (Phi) is 4.08. The summed E-state index contributed by atoms with van der Waals surface area (Å²) in [4.78, 5) is 0. The zero-order valence-corrected chi connectivity index (χ0v) is 13.1. The number of fused-ring (bicyclic) bond motifs is 1. The summed E-state index contributed by atoms with van der Waals surface area (Å²) in [6, 6.07) is 14.8. The molecule has 0 amide bonds. The van der Waals surface area contributed by atoms with Crippen molar-refractivity contribution in [2.75, 3.05) is 13.7 Å². The molecular formula is C17H18BrNO. The van der Waals surface area contributed by atoms with Crippen LogP contribution in [0.1, 0.15) is 22.6 Å². The molecule has 1 N–H and O–H groups in total. The van der Waals surface area contributed by atoms with E-state index in [1.165, 1.54) is 23.1 Å². The summed E-state index contributed by atoms with van der Waals surface area (Å²) in [5.41, 5.74) is 4.24. The maximum atomic E-state index is 5.27. The van der Waals surface area contributed by atoms with Gasteiger partial charge in [0.05, 0.1) is 7.11 Å². The van der Waals surface area contributed by atoms with Gasteiger partial charge in [-0.15, -0.1) is 0 Å². The van der Waals surface area contributed by atoms with Gasteiger partial charge >= 0.3 is 0 Å². The predicted octanol–water partition coefficient (Wildman–Crippen LogP) is 3.89. The van der Waals surface area contributed by atoms with Crippen LogP contribution in [0.15, 0.2) is 46.9 Å². The van der Waals surface area contributed by atoms with Gasteiger partial charge < -0.3 is 10.1 Å². The second-order valence-electron chi connectivity index (χ2n) is 5.19. The highest BCUT2D eigenvalue weighted by molar-refractivity contribution is 9.10. The third kappa shape index (κ3) is 2.74. The highest BCUT2D eigenvalue weighted by atomic mass is 79.9. The fourth-order valence-corrected chi connectivity index (χ4v) is 3.13. The van der Waals surface area contributed by atoms with E-state index in [4.69, 9.17) is 4.74 Å². The van der Waals surface area contributed by atoms with Crippen molar-refractivity contribution in [1.82, 2.24) is 5.32 Å². The maximum Gasteiger partial charge on any atom is 0.119 e. The molecule has 0 saturated carbocycles. The average Bonchev–Trinajstić information content (AvgIpc) is 2.45. The minimum Gasteiger partial charge on any atom is -0.497 e. The Labute approximate surface area is 128 Å². The molecular weight excluding hydrogens is 314 g/mol. The van der Waals surface area contributed by atoms with Gasteiger partial charge in [-0.2, -0.15) is 0 Å². The molecule has 0 aromatic heterocycles. The summed E-state index contributed by atoms with van der Waals surface area (Å²) >= 11 is 3.59. The number of benzene rings is 2. The molecule has 2 aromatic carbocycles. The summed E-state index contributed by atoms with van der Waals surface area (Å²) in [5.74, 6) is 1.56. The van der Waals surface area contributed by atoms with E-state index < -0.39 is 0 Å². The van der Waals surface area contributed by atoms with E-state index in [0.29, 0.717) is 5.92 Å². The van der Waals surface area contributed by atoms with E-state index >= 15 is 0 Å². The van der Waals surface area contributed by atoms with Crippen molar-refractivity contribution in [2.24, 2.45) is 0 Å². The molecule has 0 heterocycles. The predicted molar refractivity (Wildman–Crippen MR) is 85.3 cm³/mol. The summed E-state index contributed by atoms with van der Waals surface area (Å²) in [6.45, 7) is 1.89. The lowest BCUT2D eigenvalue weighted by Gasteiger charge is -2.30. The van der Waals surface area contributed by atoms with Gasteiger partial charge in [-0.3, -0.25) is 0 Å². The van der Waals surface area contributed by atoms with Crippen LogP contribution in [0.3, 0.4) is 0 Å². The van der Waals surface area contributed by atoms with Gasteiger partial charge in [-0.05, 0) is 41.3 Å². The molecule has 1 unspecified atom stereocenters. The van der Waals surface area contributed by atoms with Crippen LogP contribution in [-0.2, 0) is 13.0 Å². The lowest BCUT2D eigenvalue weighted by Crippen LogP contribution is -2.28. The third-order valence-electron chi connectivity index (χ3n) is 3.92. The summed E-state index contributed by atoms with van der Waals surface area (Å²) < 4.78 is 6.39. The molecule has 0 aliphatic heterocycles. The fraction of sp³-hybridized carbons (Fsp3) is 0.294. The van der Waals surface area contributed by atoms with Gasteiger partial charge in [-0.1, -0.05) is 40.2 Å². The van der Waals surface area contributed by atoms with Crippen molar-refractivity contribution >= 4 is 15.9 Å². The van der Waals surface area contributed by atoms with Crippen LogP contribution < -0.4 is 10.1 Å². The van der Waals surface area contributed by atoms with E-state index in [-0.39, 0.29) is 0 Å². The number of halogens is 1. The van der Waals surface area contributed by atoms with Crippen LogP contribution in [0.2, 0.25) is 0 Å². The number of methoxy groups -OCH3 is 1. The lowest BCUT2D eigenvalue weighted by atomic mass is 9.77. The molecule has 0 radical (unpaired) electrons. The SMILES string of the molecule is COc1ccc(Br)c(CNCC2Cc3ccccc32)c1. The Balaban J connectivity index is 1.56. The second kappa shape index (κ2) is 5.98. The number of rotatable bonds is 5. The van der Waals surface area contributed by atoms with Crippen molar-refractivity contribution in [2.45, 2.75) is 18.9 Å². The number of hydrogen-bond acceptors (Lipinski definition) is 2. The topological polar surface area (TPSA) is 21.3 Å². The van der Waals surface area contributed by atoms with Gasteiger partial charge in [0.2, 0.25) is 0 Å². The Hall–Kier alpha value is -1.32. The third-order valence-corrected chi connectivity index (χ3v) is 4.69. The molecule has 3 rings (SSSR count). The first-order chi connectivity index (χ1) is 9.78. The van der Waals surface area contributed by atoms with E-state index in [0.717, 1.165) is 23.3 Å². The Morgan fingerprint density at radius 2 is 2.10 bits per heavy atom. The van der Waals surface area contributed by atoms with Crippen LogP contribution in [-0.4, -0.2) is 13.7 Å². The number of hydrogen-bond donors (Lipinski definition) is 1. The Bertz CT molecular complexity index is 612. The normalized spacial score (nSPS) is 16.4. The average molecular weight is 332 g/mol. The van der Waals surface area contributed by atoms with Crippen LogP contribution in [0, 0.1) is 0 Å². The zero-order chi connectivity index (χ0) is 13.9. The summed E-state index contributed by atoms with van der Waals surface area (Å²) in [7, 11) is 1.70. The lowest BCUT2D eigenvalue weighted by molar-refractivity contribution is 0.414. The highest BCUT2D eigenvalue weighted by Gasteiger charge is 2.24. The van der Waals surface area contributed by atoms with Gasteiger partial charge in [0, 0.05) is 23.5 Å². The second-order valence-corrected chi connectivity index (χ2v) is 6.04. The smallest absolute Gasteiger partial charge is 0.119 e. The highest BCUT2D eigenvalue weighted by Crippen LogP contribution is 2.34. The molecule has 0 saturated heterocycles. The van der Waals surface area contributed by atoms with Crippen LogP contribution in [0.25, 0.3) is 0 Å². The zero-order valence-electron chi connectivity index (χ0n) is 11.5. The molecule has 3 heteroatoms. The van der Waals surface area contributed by atoms with E-state index in [1.807, 2.05) is 12.1 Å². The van der Waals surface area contributed by atoms with E-state index in [2.05, 4.69) is 51.6 Å². The summed E-state index contributed by atoms with van der Waals surface area (Å²) in [5, 5.41) is 3.55. The van der Waals surface area contributed by atoms with Crippen molar-refractivity contribution in [3.05, 3.63) is 63.6 Å². The number of ether oxygens (including phenoxy) is 1. The first kappa shape index (κ1) is 13.7. The quantitative estimate of drug-likeness (QED) is 0.897. The van der Waals surface area contributed by atoms with Gasteiger partial charge in [0.15, 0.2) is 0 Å². The van der Waals surface area contributed by atoms with E-state index in [1.54, 1.807) is 7.11 Å². The molecule has 0 spiro atoms. The molecule has 104 valence electrons. The van der Waals surface area contributed by atoms with E-state index in [9.17, 15) is 0 Å². The Morgan fingerprint density at radius 1 is 1.25 bits per heavy atom. The molecule has 2 aromatic rings. The monoisotopic (exact) mass is 331 g/mol. The molecule has 1 aliphatic rings. The summed E-state index contributed by atoms with van der Waals surface area (Å²) in [6.07, 6.45) is 1.20. The molecule has 0 fully saturated rings. The molecule has 2 nitrogen and oxygen atoms in total. The minimum atomic E-state index is 0.663. The van der Waals surface area contributed by atoms with Crippen LogP contribution in [0.5, 0.6) is 5.75 Å². The first-order valence-corrected chi connectivity index (χ1v) is 7.68. The number of nitrogens with one attached hydrogen (secondary N) is 1. The van der Waals surface area contributed by atoms with Crippen molar-refractivity contribution < 1.29 is 4.74 Å². The molecule has 1 atom stereocenters. The minimum absolute atomic E-state index is 0.663. The fourth-order valence-electron chi connectivity index (χ4n) is 2.74. The largest absolute Gasteiger partial charge is 0.497 e.